The predicted molar refractivity (Wildman–Crippen MR) is 104 cm³/mol. The van der Waals surface area contributed by atoms with E-state index < -0.39 is 0 Å². The number of benzene rings is 2. The van der Waals surface area contributed by atoms with Gasteiger partial charge in [0.05, 0.1) is 5.39 Å². The minimum absolute atomic E-state index is 0.158. The number of hydrogen-bond acceptors (Lipinski definition) is 5. The van der Waals surface area contributed by atoms with Crippen LogP contribution in [0.4, 0.5) is 15.9 Å². The highest BCUT2D eigenvalue weighted by Crippen LogP contribution is 2.40. The number of nitrogens with zero attached hydrogens (tertiary/aromatic N) is 3. The molecule has 0 unspecified atom stereocenters. The van der Waals surface area contributed by atoms with E-state index in [1.807, 2.05) is 17.3 Å². The van der Waals surface area contributed by atoms with E-state index in [0.717, 1.165) is 27.0 Å². The molecule has 4 rings (SSSR count). The number of thiophene rings is 1. The van der Waals surface area contributed by atoms with Crippen molar-refractivity contribution in [1.29, 1.82) is 0 Å². The first kappa shape index (κ1) is 16.8. The largest absolute Gasteiger partial charge is 0.508 e. The number of aromatic nitrogens is 2. The Morgan fingerprint density at radius 2 is 1.73 bits per heavy atom. The summed E-state index contributed by atoms with van der Waals surface area (Å²) in [6, 6.07) is 13.1. The van der Waals surface area contributed by atoms with Gasteiger partial charge in [0.2, 0.25) is 5.28 Å². The quantitative estimate of drug-likeness (QED) is 0.465. The van der Waals surface area contributed by atoms with Crippen LogP contribution in [0.5, 0.6) is 5.75 Å². The predicted octanol–water partition coefficient (Wildman–Crippen LogP) is 5.62. The van der Waals surface area contributed by atoms with Gasteiger partial charge in [0.15, 0.2) is 0 Å². The zero-order valence-electron chi connectivity index (χ0n) is 13.6. The molecule has 0 aliphatic carbocycles. The van der Waals surface area contributed by atoms with Gasteiger partial charge in [0.25, 0.3) is 0 Å². The van der Waals surface area contributed by atoms with Gasteiger partial charge in [0, 0.05) is 23.7 Å². The number of anilines is 2. The van der Waals surface area contributed by atoms with Gasteiger partial charge in [-0.15, -0.1) is 11.3 Å². The van der Waals surface area contributed by atoms with Gasteiger partial charge in [-0.25, -0.2) is 9.37 Å². The second-order valence-corrected chi connectivity index (χ2v) is 6.92. The first-order valence-corrected chi connectivity index (χ1v) is 9.02. The van der Waals surface area contributed by atoms with E-state index in [2.05, 4.69) is 9.97 Å². The van der Waals surface area contributed by atoms with Gasteiger partial charge < -0.3 is 10.0 Å². The van der Waals surface area contributed by atoms with Crippen LogP contribution in [-0.4, -0.2) is 22.1 Å². The minimum atomic E-state index is -0.283. The lowest BCUT2D eigenvalue weighted by atomic mass is 10.1. The maximum Gasteiger partial charge on any atom is 0.225 e. The molecular weight excluding hydrogens is 373 g/mol. The summed E-state index contributed by atoms with van der Waals surface area (Å²) in [5.74, 6) is 0.552. The summed E-state index contributed by atoms with van der Waals surface area (Å²) in [5, 5.41) is 12.5. The Kier molecular flexibility index (Phi) is 4.22. The molecule has 0 aliphatic rings. The summed E-state index contributed by atoms with van der Waals surface area (Å²) in [6.07, 6.45) is 0. The van der Waals surface area contributed by atoms with Crippen molar-refractivity contribution in [2.24, 2.45) is 0 Å². The number of halogens is 2. The second-order valence-electron chi connectivity index (χ2n) is 5.73. The van der Waals surface area contributed by atoms with E-state index in [9.17, 15) is 9.50 Å². The summed E-state index contributed by atoms with van der Waals surface area (Å²) in [6.45, 7) is 0. The molecule has 0 fully saturated rings. The topological polar surface area (TPSA) is 49.2 Å². The maximum atomic E-state index is 13.3. The number of phenols is 1. The van der Waals surface area contributed by atoms with Gasteiger partial charge in [-0.3, -0.25) is 0 Å². The lowest BCUT2D eigenvalue weighted by Gasteiger charge is -2.20. The molecule has 1 N–H and O–H groups in total. The van der Waals surface area contributed by atoms with E-state index in [0.29, 0.717) is 5.82 Å². The third kappa shape index (κ3) is 2.98. The van der Waals surface area contributed by atoms with Crippen LogP contribution in [0.1, 0.15) is 0 Å². The third-order valence-electron chi connectivity index (χ3n) is 4.10. The fraction of sp³-hybridized carbons (Fsp3) is 0.0526. The number of fused-ring (bicyclic) bond motifs is 1. The Balaban J connectivity index is 1.92. The standard InChI is InChI=1S/C19H13ClFN3OS/c1-24(13-6-8-14(25)9-7-13)17-16-15(11-2-4-12(21)5-3-11)10-26-18(16)23-19(20)22-17/h2-10,25H,1H3. The highest BCUT2D eigenvalue weighted by Gasteiger charge is 2.18. The fourth-order valence-corrected chi connectivity index (χ4v) is 3.94. The SMILES string of the molecule is CN(c1ccc(O)cc1)c1nc(Cl)nc2scc(-c3ccc(F)cc3)c12. The zero-order valence-corrected chi connectivity index (χ0v) is 15.2. The van der Waals surface area contributed by atoms with Crippen molar-refractivity contribution in [3.05, 3.63) is 65.0 Å². The zero-order chi connectivity index (χ0) is 18.3. The first-order chi connectivity index (χ1) is 12.5. The molecule has 2 aromatic carbocycles. The molecule has 130 valence electrons. The summed E-state index contributed by atoms with van der Waals surface area (Å²) in [4.78, 5) is 11.4. The summed E-state index contributed by atoms with van der Waals surface area (Å²) >= 11 is 7.59. The minimum Gasteiger partial charge on any atom is -0.508 e. The van der Waals surface area contributed by atoms with Crippen molar-refractivity contribution in [1.82, 2.24) is 9.97 Å². The molecule has 4 nitrogen and oxygen atoms in total. The van der Waals surface area contributed by atoms with Crippen LogP contribution in [0.3, 0.4) is 0 Å². The molecule has 0 aliphatic heterocycles. The van der Waals surface area contributed by atoms with Crippen LogP contribution in [0.2, 0.25) is 5.28 Å². The molecule has 0 saturated heterocycles. The number of phenolic OH excluding ortho intramolecular Hbond substituents is 1. The number of aromatic hydroxyl groups is 1. The third-order valence-corrected chi connectivity index (χ3v) is 5.14. The van der Waals surface area contributed by atoms with Crippen molar-refractivity contribution in [3.63, 3.8) is 0 Å². The number of rotatable bonds is 3. The van der Waals surface area contributed by atoms with Gasteiger partial charge >= 0.3 is 0 Å². The molecule has 7 heteroatoms. The fourth-order valence-electron chi connectivity index (χ4n) is 2.78. The average Bonchev–Trinajstić information content (AvgIpc) is 3.05. The van der Waals surface area contributed by atoms with Crippen LogP contribution in [0, 0.1) is 5.82 Å². The van der Waals surface area contributed by atoms with Crippen molar-refractivity contribution in [2.45, 2.75) is 0 Å². The normalized spacial score (nSPS) is 11.0. The molecule has 0 bridgehead atoms. The summed E-state index contributed by atoms with van der Waals surface area (Å²) in [7, 11) is 1.87. The Morgan fingerprint density at radius 3 is 2.42 bits per heavy atom. The van der Waals surface area contributed by atoms with Gasteiger partial charge in [0.1, 0.15) is 22.2 Å². The van der Waals surface area contributed by atoms with Crippen LogP contribution in [0.25, 0.3) is 21.3 Å². The smallest absolute Gasteiger partial charge is 0.225 e. The van der Waals surface area contributed by atoms with Crippen LogP contribution >= 0.6 is 22.9 Å². The van der Waals surface area contributed by atoms with E-state index in [1.54, 1.807) is 36.4 Å². The highest BCUT2D eigenvalue weighted by molar-refractivity contribution is 7.17. The Morgan fingerprint density at radius 1 is 1.04 bits per heavy atom. The van der Waals surface area contributed by atoms with Crippen LogP contribution in [-0.2, 0) is 0 Å². The van der Waals surface area contributed by atoms with E-state index >= 15 is 0 Å². The monoisotopic (exact) mass is 385 g/mol. The van der Waals surface area contributed by atoms with Gasteiger partial charge in [-0.05, 0) is 53.6 Å². The molecule has 0 atom stereocenters. The highest BCUT2D eigenvalue weighted by atomic mass is 35.5. The van der Waals surface area contributed by atoms with E-state index in [4.69, 9.17) is 11.6 Å². The van der Waals surface area contributed by atoms with E-state index in [1.165, 1.54) is 23.5 Å². The van der Waals surface area contributed by atoms with Crippen molar-refractivity contribution in [2.75, 3.05) is 11.9 Å². The molecule has 2 aromatic heterocycles. The molecule has 0 saturated carbocycles. The summed E-state index contributed by atoms with van der Waals surface area (Å²) in [5.41, 5.74) is 2.64. The maximum absolute atomic E-state index is 13.3. The van der Waals surface area contributed by atoms with Crippen molar-refractivity contribution < 1.29 is 9.50 Å². The van der Waals surface area contributed by atoms with Crippen LogP contribution < -0.4 is 4.90 Å². The lowest BCUT2D eigenvalue weighted by molar-refractivity contribution is 0.475. The second kappa shape index (κ2) is 6.55. The molecular formula is C19H13ClFN3OS. The Hall–Kier alpha value is -2.70. The molecule has 26 heavy (non-hydrogen) atoms. The molecule has 0 radical (unpaired) electrons. The molecule has 0 amide bonds. The van der Waals surface area contributed by atoms with Gasteiger partial charge in [-0.1, -0.05) is 12.1 Å². The molecule has 0 spiro atoms. The van der Waals surface area contributed by atoms with Crippen molar-refractivity contribution >= 4 is 44.7 Å². The lowest BCUT2D eigenvalue weighted by Crippen LogP contribution is -2.12. The van der Waals surface area contributed by atoms with Crippen molar-refractivity contribution in [3.8, 4) is 16.9 Å². The first-order valence-electron chi connectivity index (χ1n) is 7.76. The molecule has 2 heterocycles. The average molecular weight is 386 g/mol. The Bertz CT molecular complexity index is 1080. The van der Waals surface area contributed by atoms with Crippen LogP contribution in [0.15, 0.2) is 53.9 Å². The van der Waals surface area contributed by atoms with Gasteiger partial charge in [-0.2, -0.15) is 4.98 Å². The summed E-state index contributed by atoms with van der Waals surface area (Å²) < 4.78 is 13.3. The van der Waals surface area contributed by atoms with E-state index in [-0.39, 0.29) is 16.9 Å². The molecule has 4 aromatic rings. The Labute approximate surface area is 158 Å². The number of hydrogen-bond donors (Lipinski definition) is 1.